The summed E-state index contributed by atoms with van der Waals surface area (Å²) in [7, 11) is 0. The van der Waals surface area contributed by atoms with Crippen molar-refractivity contribution in [2.75, 3.05) is 6.61 Å². The summed E-state index contributed by atoms with van der Waals surface area (Å²) in [5, 5.41) is 3.35. The number of nitrogens with one attached hydrogen (secondary N) is 1. The van der Waals surface area contributed by atoms with Gasteiger partial charge in [-0.05, 0) is 38.0 Å². The molecule has 0 aliphatic carbocycles. The average Bonchev–Trinajstić information content (AvgIpc) is 2.66. The highest BCUT2D eigenvalue weighted by molar-refractivity contribution is 5.28. The average molecular weight is 289 g/mol. The number of alkyl halides is 3. The van der Waals surface area contributed by atoms with Crippen LogP contribution in [0.4, 0.5) is 13.2 Å². The fourth-order valence-corrected chi connectivity index (χ4v) is 2.22. The third-order valence-corrected chi connectivity index (χ3v) is 3.71. The first kappa shape index (κ1) is 15.1. The zero-order valence-electron chi connectivity index (χ0n) is 11.5. The van der Waals surface area contributed by atoms with Crippen LogP contribution in [0, 0.1) is 0 Å². The van der Waals surface area contributed by atoms with Gasteiger partial charge in [0.2, 0.25) is 0 Å². The summed E-state index contributed by atoms with van der Waals surface area (Å²) < 4.78 is 45.9. The summed E-state index contributed by atoms with van der Waals surface area (Å²) in [6.45, 7) is 5.21. The van der Waals surface area contributed by atoms with Crippen LogP contribution in [0.25, 0.3) is 0 Å². The van der Waals surface area contributed by atoms with Crippen LogP contribution in [-0.4, -0.2) is 24.6 Å². The Morgan fingerprint density at radius 3 is 2.80 bits per heavy atom. The number of rotatable bonds is 4. The highest BCUT2D eigenvalue weighted by Crippen LogP contribution is 2.27. The van der Waals surface area contributed by atoms with Crippen molar-refractivity contribution in [1.82, 2.24) is 5.32 Å². The lowest BCUT2D eigenvalue weighted by molar-refractivity contribution is -0.274. The molecule has 1 saturated heterocycles. The first-order valence-electron chi connectivity index (χ1n) is 6.50. The first-order chi connectivity index (χ1) is 9.28. The summed E-state index contributed by atoms with van der Waals surface area (Å²) in [6, 6.07) is 6.00. The molecular formula is C14H18F3NO2. The highest BCUT2D eigenvalue weighted by Gasteiger charge is 2.36. The Bertz CT molecular complexity index is 464. The molecule has 2 unspecified atom stereocenters. The number of ether oxygens (including phenoxy) is 2. The molecule has 20 heavy (non-hydrogen) atoms. The first-order valence-corrected chi connectivity index (χ1v) is 6.50. The molecule has 1 aromatic rings. The van der Waals surface area contributed by atoms with Gasteiger partial charge in [-0.1, -0.05) is 12.1 Å². The predicted molar refractivity (Wildman–Crippen MR) is 68.4 cm³/mol. The molecular weight excluding hydrogens is 271 g/mol. The summed E-state index contributed by atoms with van der Waals surface area (Å²) in [6.07, 6.45) is -3.70. The third kappa shape index (κ3) is 3.86. The molecule has 0 aromatic heterocycles. The van der Waals surface area contributed by atoms with E-state index in [9.17, 15) is 13.2 Å². The molecule has 112 valence electrons. The molecule has 0 spiro atoms. The van der Waals surface area contributed by atoms with Crippen molar-refractivity contribution in [3.05, 3.63) is 29.8 Å². The van der Waals surface area contributed by atoms with Gasteiger partial charge in [-0.2, -0.15) is 0 Å². The van der Waals surface area contributed by atoms with Crippen molar-refractivity contribution in [1.29, 1.82) is 0 Å². The standard InChI is InChI=1S/C14H18F3NO2/c1-10-13(2,6-7-19-10)18-9-11-4-3-5-12(8-11)20-14(15,16)17/h3-5,8,10,18H,6-7,9H2,1-2H3. The second-order valence-electron chi connectivity index (χ2n) is 5.23. The van der Waals surface area contributed by atoms with Crippen molar-refractivity contribution >= 4 is 0 Å². The van der Waals surface area contributed by atoms with E-state index in [1.165, 1.54) is 12.1 Å². The predicted octanol–water partition coefficient (Wildman–Crippen LogP) is 3.24. The highest BCUT2D eigenvalue weighted by atomic mass is 19.4. The fraction of sp³-hybridized carbons (Fsp3) is 0.571. The van der Waals surface area contributed by atoms with Crippen molar-refractivity contribution in [3.8, 4) is 5.75 Å². The Kier molecular flexibility index (Phi) is 4.25. The van der Waals surface area contributed by atoms with E-state index in [4.69, 9.17) is 4.74 Å². The van der Waals surface area contributed by atoms with Crippen molar-refractivity contribution in [2.45, 2.75) is 44.8 Å². The molecule has 1 aliphatic heterocycles. The van der Waals surface area contributed by atoms with Crippen LogP contribution in [0.5, 0.6) is 5.75 Å². The lowest BCUT2D eigenvalue weighted by Crippen LogP contribution is -2.47. The van der Waals surface area contributed by atoms with Crippen molar-refractivity contribution in [2.24, 2.45) is 0 Å². The van der Waals surface area contributed by atoms with Crippen LogP contribution >= 0.6 is 0 Å². The van der Waals surface area contributed by atoms with Gasteiger partial charge in [0.25, 0.3) is 0 Å². The minimum Gasteiger partial charge on any atom is -0.406 e. The van der Waals surface area contributed by atoms with E-state index in [1.807, 2.05) is 6.92 Å². The lowest BCUT2D eigenvalue weighted by Gasteiger charge is -2.29. The van der Waals surface area contributed by atoms with E-state index >= 15 is 0 Å². The van der Waals surface area contributed by atoms with E-state index in [0.29, 0.717) is 13.2 Å². The zero-order valence-corrected chi connectivity index (χ0v) is 11.5. The topological polar surface area (TPSA) is 30.5 Å². The third-order valence-electron chi connectivity index (χ3n) is 3.71. The minimum absolute atomic E-state index is 0.0807. The monoisotopic (exact) mass is 289 g/mol. The zero-order chi connectivity index (χ0) is 14.8. The van der Waals surface area contributed by atoms with Gasteiger partial charge < -0.3 is 14.8 Å². The molecule has 2 atom stereocenters. The number of hydrogen-bond donors (Lipinski definition) is 1. The van der Waals surface area contributed by atoms with Crippen LogP contribution in [0.2, 0.25) is 0 Å². The van der Waals surface area contributed by atoms with E-state index in [-0.39, 0.29) is 17.4 Å². The molecule has 1 aliphatic rings. The Labute approximate surface area is 116 Å². The van der Waals surface area contributed by atoms with Crippen LogP contribution < -0.4 is 10.1 Å². The van der Waals surface area contributed by atoms with Gasteiger partial charge in [0.1, 0.15) is 5.75 Å². The smallest absolute Gasteiger partial charge is 0.406 e. The molecule has 0 bridgehead atoms. The summed E-state index contributed by atoms with van der Waals surface area (Å²) in [5.41, 5.74) is 0.591. The van der Waals surface area contributed by atoms with Crippen LogP contribution in [0.1, 0.15) is 25.8 Å². The molecule has 1 fully saturated rings. The van der Waals surface area contributed by atoms with Crippen molar-refractivity contribution in [3.63, 3.8) is 0 Å². The molecule has 6 heteroatoms. The Hall–Kier alpha value is -1.27. The quantitative estimate of drug-likeness (QED) is 0.923. The maximum Gasteiger partial charge on any atom is 0.573 e. The maximum atomic E-state index is 12.2. The van der Waals surface area contributed by atoms with E-state index in [1.54, 1.807) is 12.1 Å². The molecule has 0 radical (unpaired) electrons. The second-order valence-corrected chi connectivity index (χ2v) is 5.23. The summed E-state index contributed by atoms with van der Waals surface area (Å²) in [4.78, 5) is 0. The van der Waals surface area contributed by atoms with Gasteiger partial charge in [0.05, 0.1) is 6.10 Å². The van der Waals surface area contributed by atoms with E-state index < -0.39 is 6.36 Å². The van der Waals surface area contributed by atoms with E-state index in [0.717, 1.165) is 12.0 Å². The van der Waals surface area contributed by atoms with Crippen molar-refractivity contribution < 1.29 is 22.6 Å². The normalized spacial score (nSPS) is 26.8. The largest absolute Gasteiger partial charge is 0.573 e. The van der Waals surface area contributed by atoms with Gasteiger partial charge in [0, 0.05) is 18.7 Å². The Morgan fingerprint density at radius 2 is 2.20 bits per heavy atom. The number of benzene rings is 1. The SMILES string of the molecule is CC1OCCC1(C)NCc1cccc(OC(F)(F)F)c1. The molecule has 2 rings (SSSR count). The molecule has 1 aromatic carbocycles. The fourth-order valence-electron chi connectivity index (χ4n) is 2.22. The molecule has 0 saturated carbocycles. The van der Waals surface area contributed by atoms with E-state index in [2.05, 4.69) is 17.0 Å². The lowest BCUT2D eigenvalue weighted by atomic mass is 9.94. The molecule has 3 nitrogen and oxygen atoms in total. The van der Waals surface area contributed by atoms with Gasteiger partial charge >= 0.3 is 6.36 Å². The second kappa shape index (κ2) is 5.61. The molecule has 1 heterocycles. The minimum atomic E-state index is -4.66. The molecule has 0 amide bonds. The summed E-state index contributed by atoms with van der Waals surface area (Å²) >= 11 is 0. The Morgan fingerprint density at radius 1 is 1.45 bits per heavy atom. The summed E-state index contributed by atoms with van der Waals surface area (Å²) in [5.74, 6) is -0.197. The van der Waals surface area contributed by atoms with Gasteiger partial charge in [-0.3, -0.25) is 0 Å². The van der Waals surface area contributed by atoms with Gasteiger partial charge in [0.15, 0.2) is 0 Å². The van der Waals surface area contributed by atoms with Gasteiger partial charge in [-0.15, -0.1) is 13.2 Å². The van der Waals surface area contributed by atoms with Crippen LogP contribution in [-0.2, 0) is 11.3 Å². The van der Waals surface area contributed by atoms with Gasteiger partial charge in [-0.25, -0.2) is 0 Å². The maximum absolute atomic E-state index is 12.2. The van der Waals surface area contributed by atoms with Crippen LogP contribution in [0.3, 0.4) is 0 Å². The number of halogens is 3. The molecule has 1 N–H and O–H groups in total. The Balaban J connectivity index is 1.98. The van der Waals surface area contributed by atoms with Crippen LogP contribution in [0.15, 0.2) is 24.3 Å². The number of hydrogen-bond acceptors (Lipinski definition) is 3.